The number of rotatable bonds is 18. The van der Waals surface area contributed by atoms with Crippen LogP contribution in [-0.2, 0) is 102 Å². The molecule has 0 aromatic heterocycles. The summed E-state index contributed by atoms with van der Waals surface area (Å²) in [7, 11) is 0. The Morgan fingerprint density at radius 2 is 0.574 bits per heavy atom. The van der Waals surface area contributed by atoms with Crippen LogP contribution in [0, 0.1) is 0 Å². The van der Waals surface area contributed by atoms with E-state index in [0.29, 0.717) is 139 Å². The first kappa shape index (κ1) is 124. The molecule has 0 bridgehead atoms. The fourth-order valence-corrected chi connectivity index (χ4v) is 22.2. The number of fused-ring (bicyclic) bond motifs is 4. The maximum Gasteiger partial charge on any atom is 1.00 e. The minimum Gasteiger partial charge on any atom is -0.870 e. The molecule has 12 aliphatic rings. The van der Waals surface area contributed by atoms with Gasteiger partial charge >= 0.3 is 30.8 Å². The number of hydrogen-bond donors (Lipinski definition) is 3. The molecule has 42 heteroatoms. The normalized spacial score (nSPS) is 24.7. The molecule has 12 heterocycles. The summed E-state index contributed by atoms with van der Waals surface area (Å²) in [6.07, 6.45) is 10.1. The molecule has 12 saturated heterocycles. The zero-order chi connectivity index (χ0) is 97.9. The SMILES string of the molecule is C.C.C.CC(=O)OC(C)(C)C(=O)Cl.CC(=O)OC(C)(C)C(=O)N1CCN(C(=O)Cc2ccc(Cl)c(Cl)c2)[C@H]2[C@H]1COC[C@@H]2N1CCCC1.CC(C)(O)C(=O)N1CCN(C(=O)Cc2ccc(Cl)c(Cl)c2)[C@H]2[C@H]1COC[C@@H]2N1CCCC1.CC(C)(O)C(=O)N1CCN(C(=O)Cc2ccc(Cl)c(Cl)c2)[C@H]2[C@H]1COC[C@@H]2N1CCCC1.F.O=C(Cc1ccc(Cl)c(Cl)c1)N1CCN[C@@H]2COC[C@H](N3CCCC3)[C@H]21.[Li+].[OH-]. The van der Waals surface area contributed by atoms with Crippen molar-refractivity contribution in [3.63, 3.8) is 0 Å². The second kappa shape index (κ2) is 55.1. The fourth-order valence-electron chi connectivity index (χ4n) is 20.9. The molecule has 0 unspecified atom stereocenters. The second-order valence-electron chi connectivity index (χ2n) is 38.8. The smallest absolute Gasteiger partial charge is 0.870 e. The third-order valence-corrected chi connectivity index (χ3v) is 30.7. The molecule has 4 N–H and O–H groups in total. The third kappa shape index (κ3) is 31.5. The Labute approximate surface area is 887 Å². The van der Waals surface area contributed by atoms with Gasteiger partial charge in [0.2, 0.25) is 23.6 Å². The Balaban J connectivity index is 0.000000276. The number of halogens is 10. The summed E-state index contributed by atoms with van der Waals surface area (Å²) in [5, 5.41) is 27.3. The number of benzene rings is 4. The average molecular weight is 2150 g/mol. The van der Waals surface area contributed by atoms with Crippen molar-refractivity contribution < 1.29 is 116 Å². The zero-order valence-electron chi connectivity index (χ0n) is 80.4. The number of aliphatic hydroxyl groups is 2. The molecule has 4 aromatic carbocycles. The maximum atomic E-state index is 13.6. The second-order valence-corrected chi connectivity index (χ2v) is 42.4. The van der Waals surface area contributed by atoms with E-state index < -0.39 is 39.6 Å². The quantitative estimate of drug-likeness (QED) is 0.0474. The predicted molar refractivity (Wildman–Crippen MR) is 542 cm³/mol. The van der Waals surface area contributed by atoms with Crippen molar-refractivity contribution in [2.24, 2.45) is 0 Å². The summed E-state index contributed by atoms with van der Waals surface area (Å²) in [6.45, 7) is 30.4. The first-order valence-electron chi connectivity index (χ1n) is 46.8. The van der Waals surface area contributed by atoms with E-state index in [2.05, 4.69) is 34.6 Å². The van der Waals surface area contributed by atoms with E-state index in [9.17, 15) is 58.2 Å². The average Bonchev–Trinajstić information content (AvgIpc) is 1.55. The van der Waals surface area contributed by atoms with Gasteiger partial charge in [-0.15, -0.1) is 0 Å². The molecule has 12 atom stereocenters. The standard InChI is InChI=1S/C25H33Cl2N3O5.2C23H31Cl2N3O4.C19H25Cl2N3O2.C6H9ClO3.3CH4.FH.Li.H2O/c1-16(31)35-25(2,3)24(33)29-10-11-30(22(32)13-17-6-7-18(26)19(27)12-17)23-20(14-34-15-21(23)29)28-8-4-5-9-28;2*1-23(2,31)22(30)27-9-10-28(20(29)12-15-5-6-16(24)17(25)11-15)21-18(13-32-14-19(21)27)26-7-3-4-8-26;20-14-4-3-13(9-15(14)21)10-18(25)24-8-5-22-16-11-26-12-17(19(16)24)23-6-1-2-7-23;1-4(8)10-6(2,3)5(7)9;;;;;;/h6-7,12,20-21,23H,4-5,8-11,13-15H2,1-3H3;2*5-6,11,18-19,21,31H,3-4,7-10,12-14H2,1-2H3;3-4,9,16-17,19,22H,1-2,5-8,10-12H2;1-3H3;3*1H4;1H;;1H2/q;;;;;;;;;+1;/p-1/t20-,21+,23+;2*18-,19+,21+;16-,17+,19+;;;;;;;/m0001......./s1. The predicted octanol–water partition coefficient (Wildman–Crippen LogP) is 9.38. The maximum absolute atomic E-state index is 13.6. The van der Waals surface area contributed by atoms with Crippen molar-refractivity contribution in [1.29, 1.82) is 0 Å². The van der Waals surface area contributed by atoms with Crippen molar-refractivity contribution in [2.75, 3.05) is 158 Å². The van der Waals surface area contributed by atoms with Crippen LogP contribution in [0.3, 0.4) is 0 Å². The van der Waals surface area contributed by atoms with E-state index in [-0.39, 0.29) is 184 Å². The van der Waals surface area contributed by atoms with Gasteiger partial charge < -0.3 is 83.7 Å². The number of nitrogens with zero attached hydrogens (tertiary/aromatic N) is 11. The van der Waals surface area contributed by atoms with Crippen molar-refractivity contribution >= 4 is 163 Å². The third-order valence-electron chi connectivity index (χ3n) is 27.3. The Hall–Kier alpha value is -5.56. The summed E-state index contributed by atoms with van der Waals surface area (Å²) in [4.78, 5) is 148. The molecule has 31 nitrogen and oxygen atoms in total. The number of hydrogen-bond acceptors (Lipinski definition) is 24. The van der Waals surface area contributed by atoms with Crippen LogP contribution in [0.4, 0.5) is 4.70 Å². The molecule has 16 rings (SSSR count). The van der Waals surface area contributed by atoms with Gasteiger partial charge in [-0.1, -0.05) is 139 Å². The van der Waals surface area contributed by atoms with E-state index >= 15 is 0 Å². The van der Waals surface area contributed by atoms with Crippen LogP contribution in [0.2, 0.25) is 40.2 Å². The molecular weight excluding hydrogens is 2010 g/mol. The molecule has 7 amide bonds. The van der Waals surface area contributed by atoms with Gasteiger partial charge in [0.15, 0.2) is 11.2 Å². The Bertz CT molecular complexity index is 4730. The van der Waals surface area contributed by atoms with Crippen molar-refractivity contribution in [3.8, 4) is 0 Å². The van der Waals surface area contributed by atoms with E-state index in [1.165, 1.54) is 68.2 Å². The monoisotopic (exact) mass is 2140 g/mol. The van der Waals surface area contributed by atoms with E-state index in [0.717, 1.165) is 126 Å². The molecule has 784 valence electrons. The number of piperazine rings is 4. The van der Waals surface area contributed by atoms with Crippen molar-refractivity contribution in [3.05, 3.63) is 135 Å². The minimum atomic E-state index is -1.47. The van der Waals surface area contributed by atoms with Gasteiger partial charge in [-0.2, -0.15) is 0 Å². The van der Waals surface area contributed by atoms with Gasteiger partial charge in [-0.25, -0.2) is 0 Å². The fraction of sp³-hybridized carbons (Fsp3) is 0.657. The molecule has 141 heavy (non-hydrogen) atoms. The summed E-state index contributed by atoms with van der Waals surface area (Å²) in [5.41, 5.74) is -2.14. The van der Waals surface area contributed by atoms with Crippen molar-refractivity contribution in [2.45, 2.75) is 263 Å². The molecule has 0 saturated carbocycles. The molecule has 0 aliphatic carbocycles. The molecule has 12 aliphatic heterocycles. The van der Waals surface area contributed by atoms with Gasteiger partial charge in [0.1, 0.15) is 11.2 Å². The Morgan fingerprint density at radius 1 is 0.340 bits per heavy atom. The number of esters is 2. The Morgan fingerprint density at radius 3 is 0.823 bits per heavy atom. The van der Waals surface area contributed by atoms with E-state index in [1.807, 2.05) is 39.0 Å². The zero-order valence-corrected chi connectivity index (χ0v) is 87.2. The van der Waals surface area contributed by atoms with Crippen LogP contribution >= 0.6 is 104 Å². The first-order chi connectivity index (χ1) is 63.9. The summed E-state index contributed by atoms with van der Waals surface area (Å²) in [5.74, 6) is -1.81. The minimum absolute atomic E-state index is 0. The number of ether oxygens (including phenoxy) is 6. The van der Waals surface area contributed by atoms with Crippen LogP contribution < -0.4 is 24.2 Å². The summed E-state index contributed by atoms with van der Waals surface area (Å²) < 4.78 is 33.7. The molecule has 12 fully saturated rings. The molecule has 0 spiro atoms. The molecule has 0 radical (unpaired) electrons. The van der Waals surface area contributed by atoms with Gasteiger partial charge in [0.05, 0.1) is 191 Å². The molecule has 4 aromatic rings. The van der Waals surface area contributed by atoms with Crippen LogP contribution in [0.1, 0.15) is 165 Å². The first-order valence-corrected chi connectivity index (χ1v) is 50.2. The van der Waals surface area contributed by atoms with Crippen LogP contribution in [0.5, 0.6) is 0 Å². The number of likely N-dealkylation sites (tertiary alicyclic amines) is 4. The number of carbonyl (C=O) groups is 10. The summed E-state index contributed by atoms with van der Waals surface area (Å²) in [6, 6.07) is 20.4. The largest absolute Gasteiger partial charge is 1.00 e. The molecular formula is C99H143Cl9FLiN12O19. The van der Waals surface area contributed by atoms with Crippen LogP contribution in [0.25, 0.3) is 0 Å². The van der Waals surface area contributed by atoms with Gasteiger partial charge in [0.25, 0.3) is 23.0 Å². The number of amides is 7. The van der Waals surface area contributed by atoms with Gasteiger partial charge in [-0.05, 0) is 242 Å². The van der Waals surface area contributed by atoms with E-state index in [1.54, 1.807) is 77.1 Å². The van der Waals surface area contributed by atoms with Crippen LogP contribution in [0.15, 0.2) is 72.8 Å². The van der Waals surface area contributed by atoms with Gasteiger partial charge in [-0.3, -0.25) is 72.2 Å². The van der Waals surface area contributed by atoms with Crippen molar-refractivity contribution in [1.82, 2.24) is 59.2 Å². The van der Waals surface area contributed by atoms with E-state index in [4.69, 9.17) is 128 Å². The van der Waals surface area contributed by atoms with Gasteiger partial charge in [0, 0.05) is 66.2 Å². The topological polar surface area (TPSA) is 344 Å². The summed E-state index contributed by atoms with van der Waals surface area (Å²) >= 11 is 53.8. The van der Waals surface area contributed by atoms with Crippen LogP contribution in [-0.4, -0.2) is 381 Å². The Kier molecular flexibility index (Phi) is 48.5. The number of nitrogens with one attached hydrogen (secondary N) is 1. The number of carbonyl (C=O) groups excluding carboxylic acids is 10.